The second kappa shape index (κ2) is 8.97. The molecule has 7 nitrogen and oxygen atoms in total. The summed E-state index contributed by atoms with van der Waals surface area (Å²) in [6, 6.07) is 18.0. The van der Waals surface area contributed by atoms with Crippen molar-refractivity contribution in [2.75, 3.05) is 0 Å². The first-order valence-corrected chi connectivity index (χ1v) is 9.52. The van der Waals surface area contributed by atoms with Gasteiger partial charge in [-0.15, -0.1) is 0 Å². The van der Waals surface area contributed by atoms with Gasteiger partial charge in [0.05, 0.1) is 18.4 Å². The number of amides is 1. The van der Waals surface area contributed by atoms with Gasteiger partial charge in [-0.3, -0.25) is 4.79 Å². The first-order valence-electron chi connectivity index (χ1n) is 9.52. The fourth-order valence-electron chi connectivity index (χ4n) is 3.10. The van der Waals surface area contributed by atoms with E-state index in [0.717, 1.165) is 22.4 Å². The Labute approximate surface area is 169 Å². The number of para-hydroxylation sites is 1. The highest BCUT2D eigenvalue weighted by Crippen LogP contribution is 2.10. The van der Waals surface area contributed by atoms with Crippen LogP contribution >= 0.6 is 0 Å². The van der Waals surface area contributed by atoms with Crippen LogP contribution in [0, 0.1) is 0 Å². The summed E-state index contributed by atoms with van der Waals surface area (Å²) < 4.78 is 3.60. The highest BCUT2D eigenvalue weighted by molar-refractivity contribution is 5.76. The number of rotatable bonds is 8. The van der Waals surface area contributed by atoms with Crippen LogP contribution in [0.25, 0.3) is 5.69 Å². The lowest BCUT2D eigenvalue weighted by Gasteiger charge is -2.07. The number of aromatic nitrogens is 5. The van der Waals surface area contributed by atoms with Crippen LogP contribution in [-0.4, -0.2) is 30.5 Å². The van der Waals surface area contributed by atoms with Gasteiger partial charge in [0.25, 0.3) is 0 Å². The minimum absolute atomic E-state index is 0.0270. The second-order valence-electron chi connectivity index (χ2n) is 6.82. The summed E-state index contributed by atoms with van der Waals surface area (Å²) in [4.78, 5) is 16.2. The molecule has 4 rings (SSSR count). The van der Waals surface area contributed by atoms with Gasteiger partial charge in [-0.05, 0) is 35.2 Å². The Bertz CT molecular complexity index is 1060. The maximum Gasteiger partial charge on any atom is 0.220 e. The van der Waals surface area contributed by atoms with Gasteiger partial charge in [0.1, 0.15) is 12.7 Å². The summed E-state index contributed by atoms with van der Waals surface area (Å²) in [7, 11) is 0. The molecule has 0 radical (unpaired) electrons. The van der Waals surface area contributed by atoms with Crippen LogP contribution in [0.3, 0.4) is 0 Å². The number of nitrogens with one attached hydrogen (secondary N) is 1. The number of carbonyl (C=O) groups is 1. The third kappa shape index (κ3) is 5.16. The number of carbonyl (C=O) groups excluding carboxylic acids is 1. The fourth-order valence-corrected chi connectivity index (χ4v) is 3.10. The van der Waals surface area contributed by atoms with Crippen LogP contribution < -0.4 is 5.32 Å². The fraction of sp³-hybridized carbons (Fsp3) is 0.182. The lowest BCUT2D eigenvalue weighted by molar-refractivity contribution is -0.121. The number of hydrogen-bond donors (Lipinski definition) is 1. The molecule has 2 heterocycles. The molecule has 1 amide bonds. The molecule has 7 heteroatoms. The summed E-state index contributed by atoms with van der Waals surface area (Å²) in [6.45, 7) is 1.17. The molecule has 1 N–H and O–H groups in total. The maximum atomic E-state index is 12.2. The summed E-state index contributed by atoms with van der Waals surface area (Å²) in [6.07, 6.45) is 8.08. The molecule has 0 spiro atoms. The van der Waals surface area contributed by atoms with Crippen molar-refractivity contribution in [3.63, 3.8) is 0 Å². The van der Waals surface area contributed by atoms with Gasteiger partial charge in [-0.25, -0.2) is 14.3 Å². The molecule has 0 aliphatic rings. The molecule has 2 aromatic heterocycles. The standard InChI is InChI=1S/C22H22N6O/c29-22(10-9-20-13-25-28(15-20)21-7-2-1-3-8-21)24-12-18-5-4-6-19(11-18)14-27-17-23-16-26-27/h1-8,11,13,15-17H,9-10,12,14H2,(H,24,29). The number of aryl methyl sites for hydroxylation is 1. The van der Waals surface area contributed by atoms with Gasteiger partial charge in [0.2, 0.25) is 5.91 Å². The minimum atomic E-state index is 0.0270. The van der Waals surface area contributed by atoms with E-state index in [-0.39, 0.29) is 5.91 Å². The van der Waals surface area contributed by atoms with E-state index in [1.165, 1.54) is 6.33 Å². The average molecular weight is 386 g/mol. The van der Waals surface area contributed by atoms with E-state index < -0.39 is 0 Å². The van der Waals surface area contributed by atoms with E-state index in [0.29, 0.717) is 25.9 Å². The molecule has 0 fully saturated rings. The summed E-state index contributed by atoms with van der Waals surface area (Å²) in [5.41, 5.74) is 4.23. The molecular formula is C22H22N6O. The molecule has 0 saturated heterocycles. The molecular weight excluding hydrogens is 364 g/mol. The Kier molecular flexibility index (Phi) is 5.76. The van der Waals surface area contributed by atoms with Crippen molar-refractivity contribution in [3.05, 3.63) is 96.3 Å². The van der Waals surface area contributed by atoms with Crippen molar-refractivity contribution < 1.29 is 4.79 Å². The van der Waals surface area contributed by atoms with Crippen LogP contribution in [0.15, 0.2) is 79.6 Å². The average Bonchev–Trinajstić information content (AvgIpc) is 3.44. The largest absolute Gasteiger partial charge is 0.352 e. The number of benzene rings is 2. The summed E-state index contributed by atoms with van der Waals surface area (Å²) >= 11 is 0. The third-order valence-corrected chi connectivity index (χ3v) is 4.59. The van der Waals surface area contributed by atoms with Gasteiger partial charge in [0, 0.05) is 19.2 Å². The zero-order chi connectivity index (χ0) is 19.9. The van der Waals surface area contributed by atoms with Crippen molar-refractivity contribution in [2.45, 2.75) is 25.9 Å². The van der Waals surface area contributed by atoms with Crippen LogP contribution in [-0.2, 0) is 24.3 Å². The highest BCUT2D eigenvalue weighted by Gasteiger charge is 2.06. The smallest absolute Gasteiger partial charge is 0.220 e. The second-order valence-corrected chi connectivity index (χ2v) is 6.82. The molecule has 0 aliphatic carbocycles. The Balaban J connectivity index is 1.26. The van der Waals surface area contributed by atoms with E-state index in [9.17, 15) is 4.79 Å². The van der Waals surface area contributed by atoms with Crippen molar-refractivity contribution in [1.82, 2.24) is 29.9 Å². The van der Waals surface area contributed by atoms with E-state index in [4.69, 9.17) is 0 Å². The molecule has 0 atom stereocenters. The Morgan fingerprint density at radius 1 is 0.966 bits per heavy atom. The van der Waals surface area contributed by atoms with Crippen molar-refractivity contribution in [1.29, 1.82) is 0 Å². The summed E-state index contributed by atoms with van der Waals surface area (Å²) in [5.74, 6) is 0.0270. The van der Waals surface area contributed by atoms with Gasteiger partial charge in [-0.2, -0.15) is 10.2 Å². The van der Waals surface area contributed by atoms with Crippen molar-refractivity contribution >= 4 is 5.91 Å². The monoisotopic (exact) mass is 386 g/mol. The zero-order valence-corrected chi connectivity index (χ0v) is 16.0. The van der Waals surface area contributed by atoms with Crippen molar-refractivity contribution in [2.24, 2.45) is 0 Å². The van der Waals surface area contributed by atoms with Gasteiger partial charge in [-0.1, -0.05) is 42.5 Å². The molecule has 29 heavy (non-hydrogen) atoms. The molecule has 0 saturated carbocycles. The van der Waals surface area contributed by atoms with Crippen LogP contribution in [0.1, 0.15) is 23.1 Å². The van der Waals surface area contributed by atoms with Gasteiger partial charge < -0.3 is 5.32 Å². The summed E-state index contributed by atoms with van der Waals surface area (Å²) in [5, 5.41) is 11.5. The first kappa shape index (κ1) is 18.6. The minimum Gasteiger partial charge on any atom is -0.352 e. The predicted molar refractivity (Wildman–Crippen MR) is 109 cm³/mol. The van der Waals surface area contributed by atoms with Crippen LogP contribution in [0.5, 0.6) is 0 Å². The third-order valence-electron chi connectivity index (χ3n) is 4.59. The van der Waals surface area contributed by atoms with E-state index in [1.54, 1.807) is 11.0 Å². The maximum absolute atomic E-state index is 12.2. The van der Waals surface area contributed by atoms with Gasteiger partial charge >= 0.3 is 0 Å². The number of hydrogen-bond acceptors (Lipinski definition) is 4. The molecule has 146 valence electrons. The SMILES string of the molecule is O=C(CCc1cnn(-c2ccccc2)c1)NCc1cccc(Cn2cncn2)c1. The topological polar surface area (TPSA) is 77.6 Å². The molecule has 4 aromatic rings. The Hall–Kier alpha value is -3.74. The first-order chi connectivity index (χ1) is 14.3. The normalized spacial score (nSPS) is 10.8. The molecule has 2 aromatic carbocycles. The quantitative estimate of drug-likeness (QED) is 0.505. The Morgan fingerprint density at radius 3 is 2.66 bits per heavy atom. The van der Waals surface area contributed by atoms with Crippen LogP contribution in [0.2, 0.25) is 0 Å². The Morgan fingerprint density at radius 2 is 1.83 bits per heavy atom. The van der Waals surface area contributed by atoms with Crippen LogP contribution in [0.4, 0.5) is 0 Å². The van der Waals surface area contributed by atoms with E-state index >= 15 is 0 Å². The lowest BCUT2D eigenvalue weighted by atomic mass is 10.1. The molecule has 0 unspecified atom stereocenters. The highest BCUT2D eigenvalue weighted by atomic mass is 16.1. The van der Waals surface area contributed by atoms with E-state index in [1.807, 2.05) is 65.6 Å². The number of nitrogens with zero attached hydrogens (tertiary/aromatic N) is 5. The van der Waals surface area contributed by atoms with Gasteiger partial charge in [0.15, 0.2) is 0 Å². The predicted octanol–water partition coefficient (Wildman–Crippen LogP) is 2.76. The van der Waals surface area contributed by atoms with E-state index in [2.05, 4.69) is 26.6 Å². The molecule has 0 aliphatic heterocycles. The zero-order valence-electron chi connectivity index (χ0n) is 16.0. The molecule has 0 bridgehead atoms. The lowest BCUT2D eigenvalue weighted by Crippen LogP contribution is -2.23. The van der Waals surface area contributed by atoms with Crippen molar-refractivity contribution in [3.8, 4) is 5.69 Å².